The molecule has 1 unspecified atom stereocenters. The molecular formula is C16H24N2. The molecule has 1 aromatic carbocycles. The van der Waals surface area contributed by atoms with Gasteiger partial charge in [-0.1, -0.05) is 25.1 Å². The molecule has 1 saturated heterocycles. The summed E-state index contributed by atoms with van der Waals surface area (Å²) in [5.74, 6) is 0.944. The van der Waals surface area contributed by atoms with Crippen LogP contribution in [0.1, 0.15) is 31.7 Å². The van der Waals surface area contributed by atoms with Crippen molar-refractivity contribution < 1.29 is 0 Å². The quantitative estimate of drug-likeness (QED) is 0.879. The maximum Gasteiger partial charge on any atom is 0.0399 e. The average molecular weight is 244 g/mol. The topological polar surface area (TPSA) is 15.3 Å². The van der Waals surface area contributed by atoms with Crippen molar-refractivity contribution in [2.75, 3.05) is 24.5 Å². The molecule has 1 atom stereocenters. The van der Waals surface area contributed by atoms with E-state index in [0.717, 1.165) is 18.4 Å². The lowest BCUT2D eigenvalue weighted by Crippen LogP contribution is -2.39. The third kappa shape index (κ3) is 2.54. The number of aryl methyl sites for hydroxylation is 1. The molecule has 0 bridgehead atoms. The fourth-order valence-electron chi connectivity index (χ4n) is 3.10. The summed E-state index contributed by atoms with van der Waals surface area (Å²) in [5, 5.41) is 3.74. The Hall–Kier alpha value is -1.02. The molecule has 0 radical (unpaired) electrons. The Balaban J connectivity index is 1.80. The number of benzene rings is 1. The highest BCUT2D eigenvalue weighted by molar-refractivity contribution is 5.54. The molecule has 98 valence electrons. The van der Waals surface area contributed by atoms with Crippen LogP contribution >= 0.6 is 0 Å². The van der Waals surface area contributed by atoms with Crippen LogP contribution in [-0.2, 0) is 6.42 Å². The Morgan fingerprint density at radius 2 is 2.11 bits per heavy atom. The summed E-state index contributed by atoms with van der Waals surface area (Å²) in [7, 11) is 0. The highest BCUT2D eigenvalue weighted by Crippen LogP contribution is 2.34. The number of anilines is 1. The van der Waals surface area contributed by atoms with Gasteiger partial charge in [-0.15, -0.1) is 0 Å². The van der Waals surface area contributed by atoms with Gasteiger partial charge >= 0.3 is 0 Å². The van der Waals surface area contributed by atoms with Crippen molar-refractivity contribution in [3.63, 3.8) is 0 Å². The molecule has 3 rings (SSSR count). The van der Waals surface area contributed by atoms with Crippen LogP contribution in [0, 0.1) is 5.92 Å². The van der Waals surface area contributed by atoms with E-state index in [-0.39, 0.29) is 0 Å². The van der Waals surface area contributed by atoms with Gasteiger partial charge < -0.3 is 10.2 Å². The van der Waals surface area contributed by atoms with E-state index in [2.05, 4.69) is 41.4 Å². The second kappa shape index (κ2) is 5.31. The van der Waals surface area contributed by atoms with Gasteiger partial charge in [0.25, 0.3) is 0 Å². The van der Waals surface area contributed by atoms with Gasteiger partial charge in [0.2, 0.25) is 0 Å². The number of nitrogens with one attached hydrogen (secondary N) is 1. The van der Waals surface area contributed by atoms with Crippen LogP contribution in [0.15, 0.2) is 24.3 Å². The smallest absolute Gasteiger partial charge is 0.0399 e. The molecule has 1 N–H and O–H groups in total. The van der Waals surface area contributed by atoms with Crippen LogP contribution < -0.4 is 10.2 Å². The van der Waals surface area contributed by atoms with E-state index in [9.17, 15) is 0 Å². The van der Waals surface area contributed by atoms with Crippen LogP contribution in [0.2, 0.25) is 0 Å². The van der Waals surface area contributed by atoms with Gasteiger partial charge in [0.1, 0.15) is 0 Å². The van der Waals surface area contributed by atoms with Crippen LogP contribution in [-0.4, -0.2) is 25.7 Å². The zero-order valence-electron chi connectivity index (χ0n) is 11.4. The Morgan fingerprint density at radius 1 is 1.28 bits per heavy atom. The Bertz CT molecular complexity index is 398. The summed E-state index contributed by atoms with van der Waals surface area (Å²) in [6, 6.07) is 9.64. The number of hydrogen-bond acceptors (Lipinski definition) is 2. The first-order valence-corrected chi connectivity index (χ1v) is 7.44. The zero-order valence-corrected chi connectivity index (χ0v) is 11.4. The number of rotatable bonds is 3. The van der Waals surface area contributed by atoms with Gasteiger partial charge in [-0.3, -0.25) is 0 Å². The van der Waals surface area contributed by atoms with Crippen molar-refractivity contribution >= 4 is 5.69 Å². The number of nitrogens with zero attached hydrogens (tertiary/aromatic N) is 1. The number of hydrogen-bond donors (Lipinski definition) is 1. The van der Waals surface area contributed by atoms with E-state index in [0.29, 0.717) is 0 Å². The van der Waals surface area contributed by atoms with E-state index in [1.54, 1.807) is 0 Å². The molecule has 1 saturated carbocycles. The average Bonchev–Trinajstić information content (AvgIpc) is 3.24. The van der Waals surface area contributed by atoms with Gasteiger partial charge in [-0.2, -0.15) is 0 Å². The monoisotopic (exact) mass is 244 g/mol. The third-order valence-corrected chi connectivity index (χ3v) is 4.33. The van der Waals surface area contributed by atoms with E-state index < -0.39 is 0 Å². The van der Waals surface area contributed by atoms with Crippen molar-refractivity contribution in [3.05, 3.63) is 29.8 Å². The summed E-state index contributed by atoms with van der Waals surface area (Å²) in [4.78, 5) is 2.61. The predicted octanol–water partition coefficient (Wildman–Crippen LogP) is 2.83. The molecule has 0 spiro atoms. The first-order chi connectivity index (χ1) is 8.88. The normalized spacial score (nSPS) is 24.9. The fourth-order valence-corrected chi connectivity index (χ4v) is 3.10. The molecular weight excluding hydrogens is 220 g/mol. The number of para-hydroxylation sites is 1. The molecule has 2 heteroatoms. The summed E-state index contributed by atoms with van der Waals surface area (Å²) >= 11 is 0. The molecule has 18 heavy (non-hydrogen) atoms. The minimum absolute atomic E-state index is 0.720. The van der Waals surface area contributed by atoms with Crippen LogP contribution in [0.25, 0.3) is 0 Å². The summed E-state index contributed by atoms with van der Waals surface area (Å²) in [6.07, 6.45) is 5.26. The first-order valence-electron chi connectivity index (χ1n) is 7.44. The maximum atomic E-state index is 3.74. The van der Waals surface area contributed by atoms with Crippen molar-refractivity contribution in [2.24, 2.45) is 5.92 Å². The van der Waals surface area contributed by atoms with Crippen molar-refractivity contribution in [1.82, 2.24) is 5.32 Å². The van der Waals surface area contributed by atoms with Crippen molar-refractivity contribution in [3.8, 4) is 0 Å². The van der Waals surface area contributed by atoms with Gasteiger partial charge in [0.05, 0.1) is 0 Å². The van der Waals surface area contributed by atoms with Gasteiger partial charge in [-0.05, 0) is 49.8 Å². The highest BCUT2D eigenvalue weighted by Gasteiger charge is 2.33. The van der Waals surface area contributed by atoms with E-state index >= 15 is 0 Å². The standard InChI is InChI=1S/C16H24N2/c1-2-13-6-3-4-7-16(13)18-11-5-10-17-15(12-18)14-8-9-14/h3-4,6-7,14-15,17H,2,5,8-12H2,1H3. The second-order valence-corrected chi connectivity index (χ2v) is 5.68. The van der Waals surface area contributed by atoms with Crippen LogP contribution in [0.4, 0.5) is 5.69 Å². The molecule has 1 aromatic rings. The van der Waals surface area contributed by atoms with Crippen molar-refractivity contribution in [1.29, 1.82) is 0 Å². The largest absolute Gasteiger partial charge is 0.370 e. The SMILES string of the molecule is CCc1ccccc1N1CCCNC(C2CC2)C1. The Labute approximate surface area is 110 Å². The van der Waals surface area contributed by atoms with Crippen LogP contribution in [0.3, 0.4) is 0 Å². The lowest BCUT2D eigenvalue weighted by Gasteiger charge is -2.28. The van der Waals surface area contributed by atoms with Gasteiger partial charge in [-0.25, -0.2) is 0 Å². The first kappa shape index (κ1) is 12.0. The summed E-state index contributed by atoms with van der Waals surface area (Å²) < 4.78 is 0. The Kier molecular flexibility index (Phi) is 3.55. The second-order valence-electron chi connectivity index (χ2n) is 5.68. The molecule has 0 aromatic heterocycles. The molecule has 2 aliphatic rings. The zero-order chi connectivity index (χ0) is 12.4. The van der Waals surface area contributed by atoms with E-state index in [1.807, 2.05) is 0 Å². The molecule has 1 aliphatic heterocycles. The van der Waals surface area contributed by atoms with Gasteiger partial charge in [0, 0.05) is 24.8 Å². The molecule has 2 fully saturated rings. The predicted molar refractivity (Wildman–Crippen MR) is 77.2 cm³/mol. The Morgan fingerprint density at radius 3 is 2.89 bits per heavy atom. The maximum absolute atomic E-state index is 3.74. The molecule has 1 heterocycles. The highest BCUT2D eigenvalue weighted by atomic mass is 15.2. The lowest BCUT2D eigenvalue weighted by atomic mass is 10.1. The van der Waals surface area contributed by atoms with Crippen LogP contribution in [0.5, 0.6) is 0 Å². The summed E-state index contributed by atoms with van der Waals surface area (Å²) in [5.41, 5.74) is 2.96. The van der Waals surface area contributed by atoms with Crippen molar-refractivity contribution in [2.45, 2.75) is 38.6 Å². The summed E-state index contributed by atoms with van der Waals surface area (Å²) in [6.45, 7) is 5.84. The minimum Gasteiger partial charge on any atom is -0.370 e. The van der Waals surface area contributed by atoms with E-state index in [1.165, 1.54) is 50.1 Å². The van der Waals surface area contributed by atoms with Gasteiger partial charge in [0.15, 0.2) is 0 Å². The molecule has 2 nitrogen and oxygen atoms in total. The minimum atomic E-state index is 0.720. The third-order valence-electron chi connectivity index (χ3n) is 4.33. The lowest BCUT2D eigenvalue weighted by molar-refractivity contribution is 0.490. The fraction of sp³-hybridized carbons (Fsp3) is 0.625. The molecule has 1 aliphatic carbocycles. The van der Waals surface area contributed by atoms with E-state index in [4.69, 9.17) is 0 Å². The molecule has 0 amide bonds.